The van der Waals surface area contributed by atoms with Crippen molar-refractivity contribution in [2.24, 2.45) is 0 Å². The standard InChI is InChI=1S/C12H12O3/c1-15-12(14)10-7-6-8-4-2-3-5-9(8)11(10)13/h2-5,13H,6-7H2,1H3. The highest BCUT2D eigenvalue weighted by Gasteiger charge is 2.23. The van der Waals surface area contributed by atoms with Crippen molar-refractivity contribution in [2.75, 3.05) is 7.11 Å². The predicted molar refractivity (Wildman–Crippen MR) is 56.3 cm³/mol. The lowest BCUT2D eigenvalue weighted by molar-refractivity contribution is -0.136. The maximum Gasteiger partial charge on any atom is 0.337 e. The van der Waals surface area contributed by atoms with E-state index in [1.165, 1.54) is 7.11 Å². The van der Waals surface area contributed by atoms with Gasteiger partial charge in [-0.15, -0.1) is 0 Å². The van der Waals surface area contributed by atoms with Gasteiger partial charge in [0, 0.05) is 5.56 Å². The number of aliphatic hydroxyl groups is 1. The van der Waals surface area contributed by atoms with Crippen LogP contribution < -0.4 is 0 Å². The second-order valence-electron chi connectivity index (χ2n) is 3.48. The number of benzene rings is 1. The van der Waals surface area contributed by atoms with E-state index in [1.54, 1.807) is 0 Å². The maximum atomic E-state index is 11.3. The van der Waals surface area contributed by atoms with E-state index in [9.17, 15) is 9.90 Å². The van der Waals surface area contributed by atoms with Crippen LogP contribution in [0.3, 0.4) is 0 Å². The minimum absolute atomic E-state index is 0.0590. The molecule has 78 valence electrons. The van der Waals surface area contributed by atoms with Gasteiger partial charge in [-0.05, 0) is 18.4 Å². The molecule has 0 atom stereocenters. The first-order valence-corrected chi connectivity index (χ1v) is 4.82. The highest BCUT2D eigenvalue weighted by Crippen LogP contribution is 2.29. The van der Waals surface area contributed by atoms with E-state index in [4.69, 9.17) is 0 Å². The van der Waals surface area contributed by atoms with E-state index in [0.29, 0.717) is 12.0 Å². The summed E-state index contributed by atoms with van der Waals surface area (Å²) in [5.74, 6) is -0.384. The number of carbonyl (C=O) groups is 1. The van der Waals surface area contributed by atoms with Gasteiger partial charge < -0.3 is 9.84 Å². The zero-order valence-electron chi connectivity index (χ0n) is 8.49. The number of aliphatic hydroxyl groups excluding tert-OH is 1. The smallest absolute Gasteiger partial charge is 0.337 e. The quantitative estimate of drug-likeness (QED) is 0.712. The number of ether oxygens (including phenoxy) is 1. The molecule has 1 aliphatic rings. The van der Waals surface area contributed by atoms with Crippen molar-refractivity contribution < 1.29 is 14.6 Å². The number of aryl methyl sites for hydroxylation is 1. The molecule has 0 radical (unpaired) electrons. The number of fused-ring (bicyclic) bond motifs is 1. The first-order chi connectivity index (χ1) is 7.24. The van der Waals surface area contributed by atoms with Crippen molar-refractivity contribution in [1.82, 2.24) is 0 Å². The van der Waals surface area contributed by atoms with Gasteiger partial charge in [0.25, 0.3) is 0 Å². The van der Waals surface area contributed by atoms with Crippen LogP contribution in [0.4, 0.5) is 0 Å². The molecule has 0 bridgehead atoms. The molecule has 0 saturated carbocycles. The van der Waals surface area contributed by atoms with Gasteiger partial charge in [-0.25, -0.2) is 4.79 Å². The van der Waals surface area contributed by atoms with E-state index < -0.39 is 5.97 Å². The van der Waals surface area contributed by atoms with Crippen LogP contribution in [-0.2, 0) is 16.0 Å². The number of hydrogen-bond donors (Lipinski definition) is 1. The van der Waals surface area contributed by atoms with Crippen LogP contribution in [0.1, 0.15) is 17.5 Å². The molecule has 0 heterocycles. The Morgan fingerprint density at radius 3 is 2.80 bits per heavy atom. The Bertz CT molecular complexity index is 432. The molecule has 0 spiro atoms. The summed E-state index contributed by atoms with van der Waals surface area (Å²) in [4.78, 5) is 11.3. The Labute approximate surface area is 88.0 Å². The normalized spacial score (nSPS) is 14.7. The second-order valence-corrected chi connectivity index (χ2v) is 3.48. The molecule has 0 amide bonds. The van der Waals surface area contributed by atoms with Gasteiger partial charge in [-0.1, -0.05) is 24.3 Å². The van der Waals surface area contributed by atoms with Crippen molar-refractivity contribution in [3.05, 3.63) is 41.0 Å². The number of methoxy groups -OCH3 is 1. The highest BCUT2D eigenvalue weighted by atomic mass is 16.5. The van der Waals surface area contributed by atoms with E-state index in [0.717, 1.165) is 17.5 Å². The van der Waals surface area contributed by atoms with E-state index in [1.807, 2.05) is 24.3 Å². The Balaban J connectivity index is 2.49. The third-order valence-corrected chi connectivity index (χ3v) is 2.63. The first kappa shape index (κ1) is 9.77. The fourth-order valence-corrected chi connectivity index (χ4v) is 1.83. The minimum atomic E-state index is -0.443. The summed E-state index contributed by atoms with van der Waals surface area (Å²) in [5.41, 5.74) is 2.18. The first-order valence-electron chi connectivity index (χ1n) is 4.82. The van der Waals surface area contributed by atoms with Gasteiger partial charge in [-0.2, -0.15) is 0 Å². The molecule has 1 aromatic carbocycles. The summed E-state index contributed by atoms with van der Waals surface area (Å²) in [6.45, 7) is 0. The highest BCUT2D eigenvalue weighted by molar-refractivity contribution is 5.96. The van der Waals surface area contributed by atoms with Crippen molar-refractivity contribution in [2.45, 2.75) is 12.8 Å². The van der Waals surface area contributed by atoms with Crippen LogP contribution in [0, 0.1) is 0 Å². The Hall–Kier alpha value is -1.77. The number of carbonyl (C=O) groups excluding carboxylic acids is 1. The van der Waals surface area contributed by atoms with E-state index >= 15 is 0 Å². The molecule has 0 aromatic heterocycles. The molecule has 0 unspecified atom stereocenters. The van der Waals surface area contributed by atoms with Gasteiger partial charge in [0.1, 0.15) is 5.76 Å². The van der Waals surface area contributed by atoms with Gasteiger partial charge in [-0.3, -0.25) is 0 Å². The van der Waals surface area contributed by atoms with Gasteiger partial charge in [0.2, 0.25) is 0 Å². The second kappa shape index (κ2) is 3.77. The fourth-order valence-electron chi connectivity index (χ4n) is 1.83. The molecule has 1 aromatic rings. The lowest BCUT2D eigenvalue weighted by Gasteiger charge is -2.17. The maximum absolute atomic E-state index is 11.3. The summed E-state index contributed by atoms with van der Waals surface area (Å²) < 4.78 is 4.62. The molecule has 0 aliphatic heterocycles. The van der Waals surface area contributed by atoms with Crippen LogP contribution in [-0.4, -0.2) is 18.2 Å². The average Bonchev–Trinajstić information content (AvgIpc) is 2.29. The lowest BCUT2D eigenvalue weighted by atomic mass is 9.91. The van der Waals surface area contributed by atoms with Crippen LogP contribution in [0.25, 0.3) is 5.76 Å². The molecule has 1 N–H and O–H groups in total. The predicted octanol–water partition coefficient (Wildman–Crippen LogP) is 2.07. The molecule has 15 heavy (non-hydrogen) atoms. The topological polar surface area (TPSA) is 46.5 Å². The van der Waals surface area contributed by atoms with Gasteiger partial charge in [0.15, 0.2) is 0 Å². The largest absolute Gasteiger partial charge is 0.507 e. The van der Waals surface area contributed by atoms with Crippen LogP contribution in [0.5, 0.6) is 0 Å². The average molecular weight is 204 g/mol. The van der Waals surface area contributed by atoms with Crippen LogP contribution >= 0.6 is 0 Å². The van der Waals surface area contributed by atoms with E-state index in [2.05, 4.69) is 4.74 Å². The van der Waals surface area contributed by atoms with Crippen LogP contribution in [0.15, 0.2) is 29.8 Å². The summed E-state index contributed by atoms with van der Waals surface area (Å²) in [7, 11) is 1.32. The third kappa shape index (κ3) is 1.61. The molecule has 2 rings (SSSR count). The van der Waals surface area contributed by atoms with Crippen molar-refractivity contribution in [1.29, 1.82) is 0 Å². The summed E-state index contributed by atoms with van der Waals surface area (Å²) in [5, 5.41) is 9.90. The monoisotopic (exact) mass is 204 g/mol. The molecule has 0 saturated heterocycles. The zero-order valence-corrected chi connectivity index (χ0v) is 8.49. The Morgan fingerprint density at radius 1 is 1.33 bits per heavy atom. The molecular formula is C12H12O3. The Morgan fingerprint density at radius 2 is 2.07 bits per heavy atom. The summed E-state index contributed by atoms with van der Waals surface area (Å²) in [6.07, 6.45) is 1.31. The van der Waals surface area contributed by atoms with Crippen LogP contribution in [0.2, 0.25) is 0 Å². The fraction of sp³-hybridized carbons (Fsp3) is 0.250. The minimum Gasteiger partial charge on any atom is -0.507 e. The van der Waals surface area contributed by atoms with Gasteiger partial charge in [0.05, 0.1) is 12.7 Å². The summed E-state index contributed by atoms with van der Waals surface area (Å²) >= 11 is 0. The molecule has 3 heteroatoms. The number of hydrogen-bond acceptors (Lipinski definition) is 3. The van der Waals surface area contributed by atoms with Gasteiger partial charge >= 0.3 is 5.97 Å². The zero-order chi connectivity index (χ0) is 10.8. The number of rotatable bonds is 1. The number of esters is 1. The Kier molecular flexibility index (Phi) is 2.46. The SMILES string of the molecule is COC(=O)C1=C(O)c2ccccc2CC1. The van der Waals surface area contributed by atoms with Crippen molar-refractivity contribution in [3.8, 4) is 0 Å². The van der Waals surface area contributed by atoms with Crippen molar-refractivity contribution >= 4 is 11.7 Å². The molecular weight excluding hydrogens is 192 g/mol. The lowest BCUT2D eigenvalue weighted by Crippen LogP contribution is -2.13. The van der Waals surface area contributed by atoms with Crippen molar-refractivity contribution in [3.63, 3.8) is 0 Å². The third-order valence-electron chi connectivity index (χ3n) is 2.63. The van der Waals surface area contributed by atoms with E-state index in [-0.39, 0.29) is 5.76 Å². The molecule has 1 aliphatic carbocycles. The molecule has 0 fully saturated rings. The molecule has 3 nitrogen and oxygen atoms in total. The summed E-state index contributed by atoms with van der Waals surface area (Å²) in [6, 6.07) is 7.54.